The van der Waals surface area contributed by atoms with Gasteiger partial charge in [0.1, 0.15) is 0 Å². The first-order valence-corrected chi connectivity index (χ1v) is 5.10. The third kappa shape index (κ3) is 2.20. The molecule has 2 atom stereocenters. The normalized spacial score (nSPS) is 15.7. The Morgan fingerprint density at radius 1 is 1.50 bits per heavy atom. The van der Waals surface area contributed by atoms with Gasteiger partial charge in [0.25, 0.3) is 0 Å². The van der Waals surface area contributed by atoms with E-state index in [4.69, 9.17) is 11.6 Å². The van der Waals surface area contributed by atoms with Crippen LogP contribution in [0, 0.1) is 0 Å². The quantitative estimate of drug-likeness (QED) is 0.729. The van der Waals surface area contributed by atoms with Crippen molar-refractivity contribution in [3.8, 4) is 0 Å². The minimum Gasteiger partial charge on any atom is -0.260 e. The molecule has 66 valence electrons. The molecule has 0 aliphatic carbocycles. The highest BCUT2D eigenvalue weighted by atomic mass is 79.9. The highest BCUT2D eigenvalue weighted by molar-refractivity contribution is 9.10. The molecule has 0 fully saturated rings. The van der Waals surface area contributed by atoms with Crippen molar-refractivity contribution in [2.75, 3.05) is 0 Å². The van der Waals surface area contributed by atoms with E-state index in [1.807, 2.05) is 19.1 Å². The summed E-state index contributed by atoms with van der Waals surface area (Å²) >= 11 is 9.42. The van der Waals surface area contributed by atoms with Gasteiger partial charge in [-0.2, -0.15) is 0 Å². The molecule has 1 heterocycles. The molecule has 1 nitrogen and oxygen atoms in total. The Morgan fingerprint density at radius 2 is 2.17 bits per heavy atom. The van der Waals surface area contributed by atoms with Gasteiger partial charge in [-0.25, -0.2) is 0 Å². The number of nitrogens with zero attached hydrogens (tertiary/aromatic N) is 1. The molecule has 0 spiro atoms. The first-order chi connectivity index (χ1) is 5.63. The Morgan fingerprint density at radius 3 is 2.67 bits per heavy atom. The summed E-state index contributed by atoms with van der Waals surface area (Å²) in [6.07, 6.45) is 1.79. The topological polar surface area (TPSA) is 12.9 Å². The Labute approximate surface area is 86.3 Å². The minimum atomic E-state index is 0.108. The number of hydrogen-bond acceptors (Lipinski definition) is 1. The summed E-state index contributed by atoms with van der Waals surface area (Å²) in [6.45, 7) is 4.05. The van der Waals surface area contributed by atoms with Crippen LogP contribution in [0.2, 0.25) is 0 Å². The summed E-state index contributed by atoms with van der Waals surface area (Å²) in [5, 5.41) is 0.108. The lowest BCUT2D eigenvalue weighted by Crippen LogP contribution is -2.07. The molecule has 0 N–H and O–H groups in total. The smallest absolute Gasteiger partial charge is 0.0588 e. The number of rotatable bonds is 2. The number of alkyl halides is 1. The van der Waals surface area contributed by atoms with E-state index in [1.54, 1.807) is 6.20 Å². The molecule has 12 heavy (non-hydrogen) atoms. The molecule has 0 saturated carbocycles. The van der Waals surface area contributed by atoms with Crippen LogP contribution in [-0.2, 0) is 0 Å². The summed E-state index contributed by atoms with van der Waals surface area (Å²) in [5.74, 6) is 0.280. The third-order valence-electron chi connectivity index (χ3n) is 1.91. The second kappa shape index (κ2) is 4.24. The minimum absolute atomic E-state index is 0.108. The predicted molar refractivity (Wildman–Crippen MR) is 55.7 cm³/mol. The van der Waals surface area contributed by atoms with Gasteiger partial charge < -0.3 is 0 Å². The van der Waals surface area contributed by atoms with Gasteiger partial charge in [0.15, 0.2) is 0 Å². The van der Waals surface area contributed by atoms with E-state index in [0.29, 0.717) is 0 Å². The average molecular weight is 249 g/mol. The predicted octanol–water partition coefficient (Wildman–Crippen LogP) is 3.57. The summed E-state index contributed by atoms with van der Waals surface area (Å²) in [6, 6.07) is 3.89. The van der Waals surface area contributed by atoms with E-state index in [1.165, 1.54) is 0 Å². The van der Waals surface area contributed by atoms with E-state index in [-0.39, 0.29) is 11.3 Å². The van der Waals surface area contributed by atoms with Crippen molar-refractivity contribution >= 4 is 27.5 Å². The van der Waals surface area contributed by atoms with Gasteiger partial charge in [-0.1, -0.05) is 6.92 Å². The van der Waals surface area contributed by atoms with Crippen molar-refractivity contribution in [1.29, 1.82) is 0 Å². The molecule has 1 rings (SSSR count). The van der Waals surface area contributed by atoms with E-state index >= 15 is 0 Å². The van der Waals surface area contributed by atoms with Gasteiger partial charge in [-0.3, -0.25) is 4.98 Å². The second-order valence-electron chi connectivity index (χ2n) is 2.84. The molecular formula is C9H11BrClN. The van der Waals surface area contributed by atoms with Crippen LogP contribution >= 0.6 is 27.5 Å². The lowest BCUT2D eigenvalue weighted by atomic mass is 10.0. The van der Waals surface area contributed by atoms with Gasteiger partial charge >= 0.3 is 0 Å². The summed E-state index contributed by atoms with van der Waals surface area (Å²) in [7, 11) is 0. The lowest BCUT2D eigenvalue weighted by molar-refractivity contribution is 0.712. The highest BCUT2D eigenvalue weighted by Crippen LogP contribution is 2.26. The summed E-state index contributed by atoms with van der Waals surface area (Å²) in [4.78, 5) is 4.27. The van der Waals surface area contributed by atoms with Crippen LogP contribution in [0.1, 0.15) is 25.5 Å². The molecule has 2 unspecified atom stereocenters. The van der Waals surface area contributed by atoms with Gasteiger partial charge in [0, 0.05) is 22.0 Å². The largest absolute Gasteiger partial charge is 0.260 e. The zero-order valence-electron chi connectivity index (χ0n) is 7.09. The Hall–Kier alpha value is -0.0800. The van der Waals surface area contributed by atoms with Crippen molar-refractivity contribution in [3.05, 3.63) is 28.5 Å². The fourth-order valence-electron chi connectivity index (χ4n) is 0.950. The van der Waals surface area contributed by atoms with Crippen LogP contribution in [0.25, 0.3) is 0 Å². The number of aromatic nitrogens is 1. The maximum absolute atomic E-state index is 5.97. The second-order valence-corrected chi connectivity index (χ2v) is 4.38. The van der Waals surface area contributed by atoms with Gasteiger partial charge in [-0.05, 0) is 35.0 Å². The average Bonchev–Trinajstić information content (AvgIpc) is 2.04. The fraction of sp³-hybridized carbons (Fsp3) is 0.444. The van der Waals surface area contributed by atoms with Crippen LogP contribution < -0.4 is 0 Å². The molecule has 0 aliphatic rings. The van der Waals surface area contributed by atoms with Crippen molar-refractivity contribution < 1.29 is 0 Å². The van der Waals surface area contributed by atoms with E-state index in [9.17, 15) is 0 Å². The zero-order chi connectivity index (χ0) is 9.14. The monoisotopic (exact) mass is 247 g/mol. The number of halogens is 2. The standard InChI is InChI=1S/C9H11BrClN/c1-6(7(2)11)9-8(10)4-3-5-12-9/h3-7H,1-2H3. The van der Waals surface area contributed by atoms with Crippen LogP contribution in [0.5, 0.6) is 0 Å². The van der Waals surface area contributed by atoms with Gasteiger partial charge in [-0.15, -0.1) is 11.6 Å². The first kappa shape index (κ1) is 10.0. The van der Waals surface area contributed by atoms with Gasteiger partial charge in [0.05, 0.1) is 5.69 Å². The zero-order valence-corrected chi connectivity index (χ0v) is 9.43. The maximum Gasteiger partial charge on any atom is 0.0588 e. The molecule has 0 bridgehead atoms. The van der Waals surface area contributed by atoms with E-state index in [2.05, 4.69) is 27.8 Å². The van der Waals surface area contributed by atoms with Crippen LogP contribution in [-0.4, -0.2) is 10.4 Å². The highest BCUT2D eigenvalue weighted by Gasteiger charge is 2.15. The molecule has 0 aliphatic heterocycles. The fourth-order valence-corrected chi connectivity index (χ4v) is 1.69. The molecule has 0 aromatic carbocycles. The summed E-state index contributed by atoms with van der Waals surface area (Å²) < 4.78 is 1.03. The van der Waals surface area contributed by atoms with Crippen LogP contribution in [0.3, 0.4) is 0 Å². The van der Waals surface area contributed by atoms with Crippen LogP contribution in [0.4, 0.5) is 0 Å². The molecule has 1 aromatic heterocycles. The summed E-state index contributed by atoms with van der Waals surface area (Å²) in [5.41, 5.74) is 1.03. The Balaban J connectivity index is 2.94. The van der Waals surface area contributed by atoms with E-state index in [0.717, 1.165) is 10.2 Å². The molecular weight excluding hydrogens is 237 g/mol. The van der Waals surface area contributed by atoms with Crippen molar-refractivity contribution in [2.45, 2.75) is 25.1 Å². The van der Waals surface area contributed by atoms with Crippen molar-refractivity contribution in [2.24, 2.45) is 0 Å². The molecule has 1 aromatic rings. The van der Waals surface area contributed by atoms with Gasteiger partial charge in [0.2, 0.25) is 0 Å². The Bertz CT molecular complexity index is 262. The molecule has 0 radical (unpaired) electrons. The van der Waals surface area contributed by atoms with Crippen molar-refractivity contribution in [1.82, 2.24) is 4.98 Å². The van der Waals surface area contributed by atoms with Crippen molar-refractivity contribution in [3.63, 3.8) is 0 Å². The van der Waals surface area contributed by atoms with E-state index < -0.39 is 0 Å². The molecule has 3 heteroatoms. The van der Waals surface area contributed by atoms with Crippen LogP contribution in [0.15, 0.2) is 22.8 Å². The number of pyridine rings is 1. The molecule has 0 saturated heterocycles. The SMILES string of the molecule is CC(Cl)C(C)c1ncccc1Br. The maximum atomic E-state index is 5.97. The Kier molecular flexibility index (Phi) is 3.53. The first-order valence-electron chi connectivity index (χ1n) is 3.87. The lowest BCUT2D eigenvalue weighted by Gasteiger charge is -2.13. The molecule has 0 amide bonds. The third-order valence-corrected chi connectivity index (χ3v) is 2.96. The number of hydrogen-bond donors (Lipinski definition) is 0.